The average molecular weight is 263 g/mol. The lowest BCUT2D eigenvalue weighted by Gasteiger charge is -2.03. The lowest BCUT2D eigenvalue weighted by Crippen LogP contribution is -2.01. The lowest BCUT2D eigenvalue weighted by molar-refractivity contribution is 0.104. The highest BCUT2D eigenvalue weighted by atomic mass is 16.1. The van der Waals surface area contributed by atoms with Gasteiger partial charge in [0, 0.05) is 35.3 Å². The number of ketones is 1. The van der Waals surface area contributed by atoms with Gasteiger partial charge in [-0.1, -0.05) is 35.4 Å². The second-order valence-electron chi connectivity index (χ2n) is 5.38. The number of hydrogen-bond donors (Lipinski definition) is 0. The molecule has 2 nitrogen and oxygen atoms in total. The maximum absolute atomic E-state index is 12.8. The Hall–Kier alpha value is -2.35. The predicted octanol–water partition coefficient (Wildman–Crippen LogP) is 4.03. The zero-order valence-electron chi connectivity index (χ0n) is 12.0. The molecule has 100 valence electrons. The van der Waals surface area contributed by atoms with E-state index in [1.165, 1.54) is 0 Å². The minimum absolute atomic E-state index is 0.0913. The van der Waals surface area contributed by atoms with Gasteiger partial charge in [0.15, 0.2) is 5.78 Å². The molecule has 0 atom stereocenters. The Labute approximate surface area is 118 Å². The molecule has 2 heteroatoms. The van der Waals surface area contributed by atoms with E-state index in [9.17, 15) is 4.79 Å². The zero-order valence-corrected chi connectivity index (χ0v) is 12.0. The minimum atomic E-state index is 0.0913. The van der Waals surface area contributed by atoms with Crippen molar-refractivity contribution in [3.63, 3.8) is 0 Å². The number of aryl methyl sites for hydroxylation is 3. The summed E-state index contributed by atoms with van der Waals surface area (Å²) in [6.45, 7) is 4.04. The van der Waals surface area contributed by atoms with Gasteiger partial charge in [0.2, 0.25) is 0 Å². The maximum atomic E-state index is 12.8. The molecule has 0 bridgehead atoms. The molecule has 3 rings (SSSR count). The van der Waals surface area contributed by atoms with E-state index in [4.69, 9.17) is 0 Å². The van der Waals surface area contributed by atoms with E-state index in [-0.39, 0.29) is 5.78 Å². The van der Waals surface area contributed by atoms with Gasteiger partial charge in [-0.2, -0.15) is 0 Å². The molecule has 0 spiro atoms. The number of carbonyl (C=O) groups excluding carboxylic acids is 1. The summed E-state index contributed by atoms with van der Waals surface area (Å²) in [7, 11) is 1.97. The highest BCUT2D eigenvalue weighted by molar-refractivity contribution is 6.16. The molecule has 1 heterocycles. The van der Waals surface area contributed by atoms with Gasteiger partial charge in [-0.05, 0) is 32.0 Å². The van der Waals surface area contributed by atoms with Gasteiger partial charge in [0.05, 0.1) is 0 Å². The van der Waals surface area contributed by atoms with Crippen molar-refractivity contribution in [3.05, 3.63) is 70.9 Å². The standard InChI is InChI=1S/C18H17NO/c1-12-8-13(2)10-14(9-12)18(20)16-11-19(3)17-7-5-4-6-15(16)17/h4-11H,1-3H3. The molecule has 2 aromatic carbocycles. The molecule has 0 saturated carbocycles. The molecule has 20 heavy (non-hydrogen) atoms. The first-order chi connectivity index (χ1) is 9.56. The van der Waals surface area contributed by atoms with Crippen molar-refractivity contribution in [2.45, 2.75) is 13.8 Å². The molecule has 0 aliphatic rings. The van der Waals surface area contributed by atoms with Gasteiger partial charge in [-0.3, -0.25) is 4.79 Å². The number of hydrogen-bond acceptors (Lipinski definition) is 1. The third-order valence-corrected chi connectivity index (χ3v) is 3.63. The van der Waals surface area contributed by atoms with E-state index in [0.29, 0.717) is 0 Å². The molecule has 0 fully saturated rings. The summed E-state index contributed by atoms with van der Waals surface area (Å²) in [6, 6.07) is 14.0. The molecule has 0 saturated heterocycles. The van der Waals surface area contributed by atoms with Crippen LogP contribution in [0.2, 0.25) is 0 Å². The van der Waals surface area contributed by atoms with Crippen molar-refractivity contribution in [2.75, 3.05) is 0 Å². The van der Waals surface area contributed by atoms with Crippen molar-refractivity contribution in [2.24, 2.45) is 7.05 Å². The van der Waals surface area contributed by atoms with Gasteiger partial charge >= 0.3 is 0 Å². The minimum Gasteiger partial charge on any atom is -0.350 e. The van der Waals surface area contributed by atoms with Crippen molar-refractivity contribution < 1.29 is 4.79 Å². The van der Waals surface area contributed by atoms with Crippen molar-refractivity contribution in [1.29, 1.82) is 0 Å². The largest absolute Gasteiger partial charge is 0.350 e. The quantitative estimate of drug-likeness (QED) is 0.640. The van der Waals surface area contributed by atoms with Gasteiger partial charge in [0.1, 0.15) is 0 Å². The van der Waals surface area contributed by atoms with Crippen LogP contribution in [0.4, 0.5) is 0 Å². The summed E-state index contributed by atoms with van der Waals surface area (Å²) in [5.74, 6) is 0.0913. The van der Waals surface area contributed by atoms with Crippen molar-refractivity contribution >= 4 is 16.7 Å². The fraction of sp³-hybridized carbons (Fsp3) is 0.167. The van der Waals surface area contributed by atoms with E-state index in [0.717, 1.165) is 33.2 Å². The lowest BCUT2D eigenvalue weighted by atomic mass is 9.99. The van der Waals surface area contributed by atoms with Crippen molar-refractivity contribution in [1.82, 2.24) is 4.57 Å². The molecule has 0 aliphatic carbocycles. The van der Waals surface area contributed by atoms with E-state index in [1.807, 2.05) is 68.1 Å². The van der Waals surface area contributed by atoms with E-state index >= 15 is 0 Å². The smallest absolute Gasteiger partial charge is 0.195 e. The highest BCUT2D eigenvalue weighted by Gasteiger charge is 2.15. The van der Waals surface area contributed by atoms with Crippen LogP contribution in [0.25, 0.3) is 10.9 Å². The normalized spacial score (nSPS) is 10.9. The first-order valence-corrected chi connectivity index (χ1v) is 6.73. The second kappa shape index (κ2) is 4.64. The van der Waals surface area contributed by atoms with Crippen LogP contribution in [0.15, 0.2) is 48.7 Å². The Morgan fingerprint density at radius 3 is 2.35 bits per heavy atom. The summed E-state index contributed by atoms with van der Waals surface area (Å²) >= 11 is 0. The maximum Gasteiger partial charge on any atom is 0.195 e. The van der Waals surface area contributed by atoms with E-state index in [1.54, 1.807) is 0 Å². The van der Waals surface area contributed by atoms with Gasteiger partial charge < -0.3 is 4.57 Å². The molecule has 0 unspecified atom stereocenters. The third kappa shape index (κ3) is 2.03. The molecule has 0 radical (unpaired) electrons. The van der Waals surface area contributed by atoms with Crippen LogP contribution in [0.5, 0.6) is 0 Å². The Kier molecular flexibility index (Phi) is 2.94. The summed E-state index contributed by atoms with van der Waals surface area (Å²) in [4.78, 5) is 12.8. The summed E-state index contributed by atoms with van der Waals surface area (Å²) in [5.41, 5.74) is 4.86. The summed E-state index contributed by atoms with van der Waals surface area (Å²) in [5, 5.41) is 1.01. The monoisotopic (exact) mass is 263 g/mol. The molecule has 0 N–H and O–H groups in total. The first-order valence-electron chi connectivity index (χ1n) is 6.73. The molecule has 0 amide bonds. The van der Waals surface area contributed by atoms with Crippen LogP contribution in [-0.2, 0) is 7.05 Å². The Morgan fingerprint density at radius 1 is 1.00 bits per heavy atom. The molecule has 1 aromatic heterocycles. The SMILES string of the molecule is Cc1cc(C)cc(C(=O)c2cn(C)c3ccccc23)c1. The zero-order chi connectivity index (χ0) is 14.3. The Morgan fingerprint density at radius 2 is 1.65 bits per heavy atom. The van der Waals surface area contributed by atoms with E-state index in [2.05, 4.69) is 6.07 Å². The molecule has 3 aromatic rings. The van der Waals surface area contributed by atoms with Gasteiger partial charge in [-0.15, -0.1) is 0 Å². The van der Waals surface area contributed by atoms with Crippen LogP contribution in [0.1, 0.15) is 27.0 Å². The van der Waals surface area contributed by atoms with Crippen molar-refractivity contribution in [3.8, 4) is 0 Å². The number of para-hydroxylation sites is 1. The highest BCUT2D eigenvalue weighted by Crippen LogP contribution is 2.23. The Bertz CT molecular complexity index is 791. The van der Waals surface area contributed by atoms with Crippen LogP contribution >= 0.6 is 0 Å². The fourth-order valence-electron chi connectivity index (χ4n) is 2.78. The number of nitrogens with zero attached hydrogens (tertiary/aromatic N) is 1. The molecular weight excluding hydrogens is 246 g/mol. The second-order valence-corrected chi connectivity index (χ2v) is 5.38. The topological polar surface area (TPSA) is 22.0 Å². The van der Waals surface area contributed by atoms with Crippen LogP contribution in [0.3, 0.4) is 0 Å². The Balaban J connectivity index is 2.18. The number of benzene rings is 2. The van der Waals surface area contributed by atoms with E-state index < -0.39 is 0 Å². The van der Waals surface area contributed by atoms with Crippen LogP contribution in [-0.4, -0.2) is 10.4 Å². The van der Waals surface area contributed by atoms with Gasteiger partial charge in [0.25, 0.3) is 0 Å². The average Bonchev–Trinajstić information content (AvgIpc) is 2.75. The van der Waals surface area contributed by atoms with Crippen LogP contribution < -0.4 is 0 Å². The number of rotatable bonds is 2. The third-order valence-electron chi connectivity index (χ3n) is 3.63. The summed E-state index contributed by atoms with van der Waals surface area (Å²) < 4.78 is 2.01. The fourth-order valence-corrected chi connectivity index (χ4v) is 2.78. The summed E-state index contributed by atoms with van der Waals surface area (Å²) in [6.07, 6.45) is 1.92. The number of carbonyl (C=O) groups is 1. The predicted molar refractivity (Wildman–Crippen MR) is 82.3 cm³/mol. The first kappa shape index (κ1) is 12.7. The number of aromatic nitrogens is 1. The molecular formula is C18H17NO. The molecule has 0 aliphatic heterocycles. The number of fused-ring (bicyclic) bond motifs is 1. The van der Waals surface area contributed by atoms with Gasteiger partial charge in [-0.25, -0.2) is 0 Å². The van der Waals surface area contributed by atoms with Crippen LogP contribution in [0, 0.1) is 13.8 Å².